The number of sulfonamides is 1. The van der Waals surface area contributed by atoms with Crippen LogP contribution in [0.15, 0.2) is 34.9 Å². The van der Waals surface area contributed by atoms with E-state index in [1.807, 2.05) is 24.3 Å². The Kier molecular flexibility index (Phi) is 3.85. The molecular weight excluding hydrogens is 328 g/mol. The molecule has 0 unspecified atom stereocenters. The van der Waals surface area contributed by atoms with Gasteiger partial charge in [-0.25, -0.2) is 8.42 Å². The van der Waals surface area contributed by atoms with E-state index in [9.17, 15) is 13.2 Å². The number of rotatable bonds is 2. The molecule has 0 N–H and O–H groups in total. The Labute approximate surface area is 141 Å². The molecule has 2 saturated heterocycles. The zero-order valence-corrected chi connectivity index (χ0v) is 14.2. The molecule has 6 nitrogen and oxygen atoms in total. The summed E-state index contributed by atoms with van der Waals surface area (Å²) >= 11 is 0. The molecule has 4 rings (SSSR count). The van der Waals surface area contributed by atoms with Gasteiger partial charge < -0.3 is 9.32 Å². The molecule has 1 atom stereocenters. The molecule has 3 heterocycles. The second-order valence-electron chi connectivity index (χ2n) is 6.47. The molecule has 1 aromatic heterocycles. The van der Waals surface area contributed by atoms with E-state index in [0.29, 0.717) is 37.2 Å². The summed E-state index contributed by atoms with van der Waals surface area (Å²) in [5, 5.41) is 0.804. The highest BCUT2D eigenvalue weighted by atomic mass is 32.2. The predicted octanol–water partition coefficient (Wildman–Crippen LogP) is 2.07. The van der Waals surface area contributed by atoms with Crippen LogP contribution in [0.3, 0.4) is 0 Å². The van der Waals surface area contributed by atoms with Crippen LogP contribution in [-0.2, 0) is 10.0 Å². The highest BCUT2D eigenvalue weighted by molar-refractivity contribution is 7.89. The van der Waals surface area contributed by atoms with Crippen molar-refractivity contribution in [1.29, 1.82) is 0 Å². The van der Waals surface area contributed by atoms with Crippen molar-refractivity contribution in [2.45, 2.75) is 25.3 Å². The van der Waals surface area contributed by atoms with E-state index in [1.54, 1.807) is 9.21 Å². The largest absolute Gasteiger partial charge is 0.463 e. The van der Waals surface area contributed by atoms with Crippen LogP contribution in [0.4, 0.5) is 0 Å². The monoisotopic (exact) mass is 348 g/mol. The number of benzene rings is 1. The van der Waals surface area contributed by atoms with Crippen molar-refractivity contribution in [3.05, 3.63) is 36.1 Å². The fourth-order valence-corrected chi connectivity index (χ4v) is 5.52. The van der Waals surface area contributed by atoms with Crippen LogP contribution < -0.4 is 0 Å². The number of amides is 1. The highest BCUT2D eigenvalue weighted by Crippen LogP contribution is 2.27. The molecule has 0 bridgehead atoms. The van der Waals surface area contributed by atoms with Crippen LogP contribution in [-0.4, -0.2) is 55.0 Å². The summed E-state index contributed by atoms with van der Waals surface area (Å²) in [5.41, 5.74) is 1.24. The first-order valence-electron chi connectivity index (χ1n) is 8.31. The molecule has 2 aliphatic heterocycles. The average molecular weight is 348 g/mol. The van der Waals surface area contributed by atoms with E-state index in [1.165, 1.54) is 6.26 Å². The Balaban J connectivity index is 1.57. The van der Waals surface area contributed by atoms with Crippen molar-refractivity contribution >= 4 is 26.9 Å². The molecule has 1 amide bonds. The lowest BCUT2D eigenvalue weighted by atomic mass is 10.0. The molecule has 2 aliphatic rings. The van der Waals surface area contributed by atoms with Gasteiger partial charge in [-0.05, 0) is 25.3 Å². The van der Waals surface area contributed by atoms with Crippen LogP contribution in [0, 0.1) is 0 Å². The number of carbonyl (C=O) groups is 1. The van der Waals surface area contributed by atoms with Crippen LogP contribution in [0.25, 0.3) is 11.0 Å². The summed E-state index contributed by atoms with van der Waals surface area (Å²) in [6.07, 6.45) is 3.82. The van der Waals surface area contributed by atoms with Gasteiger partial charge in [0.15, 0.2) is 0 Å². The van der Waals surface area contributed by atoms with Gasteiger partial charge >= 0.3 is 0 Å². The zero-order valence-electron chi connectivity index (χ0n) is 13.3. The molecule has 2 aromatic rings. The van der Waals surface area contributed by atoms with Crippen LogP contribution in [0.2, 0.25) is 0 Å². The topological polar surface area (TPSA) is 70.8 Å². The molecule has 0 radical (unpaired) electrons. The van der Waals surface area contributed by atoms with Crippen molar-refractivity contribution in [2.24, 2.45) is 0 Å². The molecular formula is C17H20N2O4S. The van der Waals surface area contributed by atoms with E-state index >= 15 is 0 Å². The lowest BCUT2D eigenvalue weighted by Gasteiger charge is -2.36. The van der Waals surface area contributed by atoms with Crippen molar-refractivity contribution in [3.63, 3.8) is 0 Å². The average Bonchev–Trinajstić information content (AvgIpc) is 3.17. The maximum absolute atomic E-state index is 12.9. The van der Waals surface area contributed by atoms with Gasteiger partial charge in [-0.1, -0.05) is 18.2 Å². The number of piperidine rings is 1. The number of furan rings is 1. The minimum atomic E-state index is -3.15. The molecule has 2 fully saturated rings. The SMILES string of the molecule is O=C(c1coc2ccccc12)N1CCC[C@@H](N2CCCS2(=O)=O)C1. The summed E-state index contributed by atoms with van der Waals surface area (Å²) in [5.74, 6) is 0.144. The summed E-state index contributed by atoms with van der Waals surface area (Å²) in [6, 6.07) is 7.36. The molecule has 1 aromatic carbocycles. The second kappa shape index (κ2) is 5.89. The fraction of sp³-hybridized carbons (Fsp3) is 0.471. The first kappa shape index (κ1) is 15.7. The van der Waals surface area contributed by atoms with Gasteiger partial charge in [-0.3, -0.25) is 4.79 Å². The van der Waals surface area contributed by atoms with Crippen molar-refractivity contribution < 1.29 is 17.6 Å². The van der Waals surface area contributed by atoms with Gasteiger partial charge in [0, 0.05) is 31.1 Å². The fourth-order valence-electron chi connectivity index (χ4n) is 3.76. The number of para-hydroxylation sites is 1. The van der Waals surface area contributed by atoms with E-state index < -0.39 is 10.0 Å². The van der Waals surface area contributed by atoms with Gasteiger partial charge in [0.1, 0.15) is 11.8 Å². The summed E-state index contributed by atoms with van der Waals surface area (Å²) in [6.45, 7) is 1.68. The van der Waals surface area contributed by atoms with Gasteiger partial charge in [0.05, 0.1) is 11.3 Å². The maximum Gasteiger partial charge on any atom is 0.257 e. The number of carbonyl (C=O) groups excluding carboxylic acids is 1. The molecule has 128 valence electrons. The van der Waals surface area contributed by atoms with Crippen molar-refractivity contribution in [2.75, 3.05) is 25.4 Å². The van der Waals surface area contributed by atoms with Crippen LogP contribution in [0.1, 0.15) is 29.6 Å². The Hall–Kier alpha value is -1.86. The number of hydrogen-bond acceptors (Lipinski definition) is 4. The number of fused-ring (bicyclic) bond motifs is 1. The third-order valence-corrected chi connectivity index (χ3v) is 6.94. The lowest BCUT2D eigenvalue weighted by molar-refractivity contribution is 0.0659. The molecule has 0 saturated carbocycles. The Bertz CT molecular complexity index is 874. The van der Waals surface area contributed by atoms with E-state index in [-0.39, 0.29) is 17.7 Å². The quantitative estimate of drug-likeness (QED) is 0.833. The smallest absolute Gasteiger partial charge is 0.257 e. The number of nitrogens with zero attached hydrogens (tertiary/aromatic N) is 2. The minimum Gasteiger partial charge on any atom is -0.463 e. The first-order valence-corrected chi connectivity index (χ1v) is 9.92. The first-order chi connectivity index (χ1) is 11.6. The Morgan fingerprint density at radius 3 is 2.79 bits per heavy atom. The summed E-state index contributed by atoms with van der Waals surface area (Å²) in [4.78, 5) is 14.7. The van der Waals surface area contributed by atoms with Gasteiger partial charge in [0.2, 0.25) is 10.0 Å². The van der Waals surface area contributed by atoms with Crippen molar-refractivity contribution in [1.82, 2.24) is 9.21 Å². The van der Waals surface area contributed by atoms with E-state index in [4.69, 9.17) is 4.42 Å². The van der Waals surface area contributed by atoms with Gasteiger partial charge in [-0.2, -0.15) is 4.31 Å². The number of hydrogen-bond donors (Lipinski definition) is 0. The second-order valence-corrected chi connectivity index (χ2v) is 8.51. The lowest BCUT2D eigenvalue weighted by Crippen LogP contribution is -2.50. The van der Waals surface area contributed by atoms with Gasteiger partial charge in [0.25, 0.3) is 5.91 Å². The van der Waals surface area contributed by atoms with E-state index in [2.05, 4.69) is 0 Å². The standard InChI is InChI=1S/C17H20N2O4S/c20-17(15-12-23-16-7-2-1-6-14(15)16)18-8-3-5-13(11-18)19-9-4-10-24(19,21)22/h1-2,6-7,12-13H,3-5,8-11H2/t13-/m1/s1. The van der Waals surface area contributed by atoms with E-state index in [0.717, 1.165) is 18.2 Å². The molecule has 0 aliphatic carbocycles. The zero-order chi connectivity index (χ0) is 16.7. The highest BCUT2D eigenvalue weighted by Gasteiger charge is 2.37. The van der Waals surface area contributed by atoms with Crippen LogP contribution in [0.5, 0.6) is 0 Å². The normalized spacial score (nSPS) is 24.5. The summed E-state index contributed by atoms with van der Waals surface area (Å²) < 4.78 is 31.4. The Morgan fingerprint density at radius 1 is 1.17 bits per heavy atom. The van der Waals surface area contributed by atoms with Gasteiger partial charge in [-0.15, -0.1) is 0 Å². The molecule has 7 heteroatoms. The molecule has 24 heavy (non-hydrogen) atoms. The Morgan fingerprint density at radius 2 is 2.00 bits per heavy atom. The molecule has 0 spiro atoms. The maximum atomic E-state index is 12.9. The number of likely N-dealkylation sites (tertiary alicyclic amines) is 1. The predicted molar refractivity (Wildman–Crippen MR) is 90.2 cm³/mol. The third kappa shape index (κ3) is 2.61. The minimum absolute atomic E-state index is 0.0822. The third-order valence-electron chi connectivity index (χ3n) is 4.94. The van der Waals surface area contributed by atoms with Crippen LogP contribution >= 0.6 is 0 Å². The van der Waals surface area contributed by atoms with Crippen molar-refractivity contribution in [3.8, 4) is 0 Å². The summed E-state index contributed by atoms with van der Waals surface area (Å²) in [7, 11) is -3.15.